The Morgan fingerprint density at radius 1 is 0.700 bits per heavy atom. The van der Waals surface area contributed by atoms with Gasteiger partial charge in [-0.1, -0.05) is 12.1 Å². The molecule has 106 valence electrons. The lowest BCUT2D eigenvalue weighted by Crippen LogP contribution is -2.12. The highest BCUT2D eigenvalue weighted by atomic mass is 31.2. The molecule has 0 fully saturated rings. The second-order valence-electron chi connectivity index (χ2n) is 3.85. The number of hydrogen-bond donors (Lipinski definition) is 4. The fourth-order valence-corrected chi connectivity index (χ4v) is 2.49. The number of rotatable bonds is 3. The van der Waals surface area contributed by atoms with Crippen LogP contribution in [0.15, 0.2) is 36.4 Å². The zero-order chi connectivity index (χ0) is 15.0. The Hall–Kier alpha value is -1.40. The minimum Gasteiger partial charge on any atom is -0.320 e. The smallest absolute Gasteiger partial charge is 0.320 e. The monoisotopic (exact) mass is 316 g/mol. The van der Waals surface area contributed by atoms with Crippen LogP contribution in [-0.2, 0) is 9.13 Å². The molecule has 10 heteroatoms. The van der Waals surface area contributed by atoms with E-state index in [1.54, 1.807) is 0 Å². The summed E-state index contributed by atoms with van der Waals surface area (Å²) in [4.78, 5) is 43.7. The first-order valence-corrected chi connectivity index (χ1v) is 8.47. The maximum atomic E-state index is 11.1. The standard InChI is InChI=1S/C10H10N2O6P2/c13-19(14,15)9-5-1-3-7(11-9)8-4-2-6-10(12-8)20(16,17)18/h1-6H,(H2,13,14,15)(H2,16,17,18). The van der Waals surface area contributed by atoms with Crippen LogP contribution >= 0.6 is 15.2 Å². The predicted octanol–water partition coefficient (Wildman–Crippen LogP) is -0.250. The van der Waals surface area contributed by atoms with Crippen molar-refractivity contribution in [3.63, 3.8) is 0 Å². The molecule has 20 heavy (non-hydrogen) atoms. The van der Waals surface area contributed by atoms with Crippen molar-refractivity contribution in [2.75, 3.05) is 0 Å². The van der Waals surface area contributed by atoms with Gasteiger partial charge in [-0.2, -0.15) is 0 Å². The van der Waals surface area contributed by atoms with Crippen LogP contribution in [0.5, 0.6) is 0 Å². The molecular weight excluding hydrogens is 306 g/mol. The van der Waals surface area contributed by atoms with E-state index in [4.69, 9.17) is 19.6 Å². The van der Waals surface area contributed by atoms with E-state index in [-0.39, 0.29) is 11.4 Å². The summed E-state index contributed by atoms with van der Waals surface area (Å²) in [6.45, 7) is 0. The van der Waals surface area contributed by atoms with Gasteiger partial charge in [0, 0.05) is 0 Å². The van der Waals surface area contributed by atoms with Crippen molar-refractivity contribution in [3.8, 4) is 11.4 Å². The third-order valence-electron chi connectivity index (χ3n) is 2.33. The van der Waals surface area contributed by atoms with Crippen molar-refractivity contribution in [1.29, 1.82) is 0 Å². The zero-order valence-corrected chi connectivity index (χ0v) is 11.6. The van der Waals surface area contributed by atoms with Crippen LogP contribution in [0.25, 0.3) is 11.4 Å². The molecule has 8 nitrogen and oxygen atoms in total. The normalized spacial score (nSPS) is 12.4. The second-order valence-corrected chi connectivity index (χ2v) is 6.94. The molecular formula is C10H10N2O6P2. The molecule has 0 saturated carbocycles. The van der Waals surface area contributed by atoms with Gasteiger partial charge in [0.2, 0.25) is 0 Å². The molecule has 2 aromatic rings. The minimum atomic E-state index is -4.50. The van der Waals surface area contributed by atoms with Crippen molar-refractivity contribution in [1.82, 2.24) is 9.97 Å². The molecule has 0 atom stereocenters. The van der Waals surface area contributed by atoms with Gasteiger partial charge in [-0.15, -0.1) is 0 Å². The fourth-order valence-electron chi connectivity index (χ4n) is 1.46. The average Bonchev–Trinajstić information content (AvgIpc) is 2.37. The Morgan fingerprint density at radius 2 is 1.05 bits per heavy atom. The molecule has 2 heterocycles. The number of aromatic nitrogens is 2. The Kier molecular flexibility index (Phi) is 3.88. The number of nitrogens with zero attached hydrogens (tertiary/aromatic N) is 2. The van der Waals surface area contributed by atoms with Crippen molar-refractivity contribution in [2.45, 2.75) is 0 Å². The highest BCUT2D eigenvalue weighted by molar-refractivity contribution is 7.60. The Balaban J connectivity index is 2.53. The van der Waals surface area contributed by atoms with Gasteiger partial charge in [-0.25, -0.2) is 9.97 Å². The SMILES string of the molecule is O=P(O)(O)c1cccc(-c2cccc(P(=O)(O)O)n2)n1. The molecule has 0 aromatic carbocycles. The molecule has 0 radical (unpaired) electrons. The van der Waals surface area contributed by atoms with Crippen LogP contribution in [0.3, 0.4) is 0 Å². The molecule has 0 amide bonds. The third-order valence-corrected chi connectivity index (χ3v) is 4.02. The van der Waals surface area contributed by atoms with Gasteiger partial charge in [-0.05, 0) is 24.3 Å². The third kappa shape index (κ3) is 3.37. The van der Waals surface area contributed by atoms with Crippen molar-refractivity contribution in [2.24, 2.45) is 0 Å². The van der Waals surface area contributed by atoms with Crippen LogP contribution in [0.2, 0.25) is 0 Å². The van der Waals surface area contributed by atoms with Gasteiger partial charge < -0.3 is 19.6 Å². The summed E-state index contributed by atoms with van der Waals surface area (Å²) in [5.41, 5.74) is -0.640. The van der Waals surface area contributed by atoms with E-state index >= 15 is 0 Å². The first kappa shape index (κ1) is 15.0. The van der Waals surface area contributed by atoms with Crippen LogP contribution in [-0.4, -0.2) is 29.5 Å². The fraction of sp³-hybridized carbons (Fsp3) is 0. The molecule has 2 rings (SSSR count). The zero-order valence-electron chi connectivity index (χ0n) is 9.86. The van der Waals surface area contributed by atoms with Gasteiger partial charge in [0.05, 0.1) is 11.4 Å². The van der Waals surface area contributed by atoms with Crippen molar-refractivity contribution >= 4 is 26.1 Å². The van der Waals surface area contributed by atoms with Crippen LogP contribution in [0, 0.1) is 0 Å². The largest absolute Gasteiger partial charge is 0.374 e. The number of pyridine rings is 2. The van der Waals surface area contributed by atoms with Gasteiger partial charge >= 0.3 is 15.2 Å². The topological polar surface area (TPSA) is 141 Å². The summed E-state index contributed by atoms with van der Waals surface area (Å²) < 4.78 is 22.3. The molecule has 2 aromatic heterocycles. The molecule has 0 bridgehead atoms. The Morgan fingerprint density at radius 3 is 1.35 bits per heavy atom. The van der Waals surface area contributed by atoms with Crippen LogP contribution in [0.1, 0.15) is 0 Å². The number of hydrogen-bond acceptors (Lipinski definition) is 4. The average molecular weight is 316 g/mol. The second kappa shape index (κ2) is 5.18. The van der Waals surface area contributed by atoms with E-state index in [0.29, 0.717) is 0 Å². The van der Waals surface area contributed by atoms with Gasteiger partial charge in [0.1, 0.15) is 0 Å². The lowest BCUT2D eigenvalue weighted by molar-refractivity contribution is 0.384. The Bertz CT molecular complexity index is 675. The van der Waals surface area contributed by atoms with Gasteiger partial charge in [0.25, 0.3) is 0 Å². The Labute approximate surface area is 113 Å². The summed E-state index contributed by atoms with van der Waals surface area (Å²) in [6.07, 6.45) is 0. The lowest BCUT2D eigenvalue weighted by atomic mass is 10.2. The molecule has 0 unspecified atom stereocenters. The van der Waals surface area contributed by atoms with E-state index in [0.717, 1.165) is 12.1 Å². The predicted molar refractivity (Wildman–Crippen MR) is 70.8 cm³/mol. The van der Waals surface area contributed by atoms with E-state index in [2.05, 4.69) is 9.97 Å². The molecule has 0 aliphatic rings. The highest BCUT2D eigenvalue weighted by Crippen LogP contribution is 2.34. The molecule has 0 saturated heterocycles. The molecule has 0 aliphatic carbocycles. The highest BCUT2D eigenvalue weighted by Gasteiger charge is 2.21. The summed E-state index contributed by atoms with van der Waals surface area (Å²) >= 11 is 0. The molecule has 0 spiro atoms. The first-order chi connectivity index (χ1) is 9.18. The van der Waals surface area contributed by atoms with E-state index in [1.807, 2.05) is 0 Å². The van der Waals surface area contributed by atoms with Gasteiger partial charge in [-0.3, -0.25) is 9.13 Å². The van der Waals surface area contributed by atoms with E-state index < -0.39 is 26.1 Å². The summed E-state index contributed by atoms with van der Waals surface area (Å²) in [5.74, 6) is 0. The summed E-state index contributed by atoms with van der Waals surface area (Å²) in [6, 6.07) is 7.95. The maximum Gasteiger partial charge on any atom is 0.374 e. The lowest BCUT2D eigenvalue weighted by Gasteiger charge is -2.07. The van der Waals surface area contributed by atoms with Crippen LogP contribution < -0.4 is 10.9 Å². The minimum absolute atomic E-state index is 0.112. The van der Waals surface area contributed by atoms with Crippen molar-refractivity contribution < 1.29 is 28.7 Å². The quantitative estimate of drug-likeness (QED) is 0.568. The van der Waals surface area contributed by atoms with E-state index in [9.17, 15) is 9.13 Å². The molecule has 4 N–H and O–H groups in total. The first-order valence-electron chi connectivity index (χ1n) is 5.24. The molecule has 0 aliphatic heterocycles. The van der Waals surface area contributed by atoms with Gasteiger partial charge in [0.15, 0.2) is 10.9 Å². The summed E-state index contributed by atoms with van der Waals surface area (Å²) in [7, 11) is -9.00. The summed E-state index contributed by atoms with van der Waals surface area (Å²) in [5, 5.41) is 0. The van der Waals surface area contributed by atoms with Crippen LogP contribution in [0.4, 0.5) is 0 Å². The maximum absolute atomic E-state index is 11.1. The van der Waals surface area contributed by atoms with Crippen molar-refractivity contribution in [3.05, 3.63) is 36.4 Å². The van der Waals surface area contributed by atoms with E-state index in [1.165, 1.54) is 24.3 Å².